The van der Waals surface area contributed by atoms with Gasteiger partial charge in [0, 0.05) is 49.3 Å². The SMILES string of the molecule is Cc1c(CNCCN(C)C(C)C)n(C)c2ccccc12. The van der Waals surface area contributed by atoms with Gasteiger partial charge in [0.2, 0.25) is 0 Å². The first kappa shape index (κ1) is 15.1. The smallest absolute Gasteiger partial charge is 0.0483 e. The van der Waals surface area contributed by atoms with Gasteiger partial charge >= 0.3 is 0 Å². The molecule has 3 nitrogen and oxygen atoms in total. The number of rotatable bonds is 6. The maximum atomic E-state index is 3.57. The van der Waals surface area contributed by atoms with E-state index in [9.17, 15) is 0 Å². The Hall–Kier alpha value is -1.32. The Morgan fingerprint density at radius 2 is 1.95 bits per heavy atom. The van der Waals surface area contributed by atoms with E-state index in [1.54, 1.807) is 0 Å². The minimum atomic E-state index is 0.608. The average molecular weight is 273 g/mol. The van der Waals surface area contributed by atoms with Crippen molar-refractivity contribution >= 4 is 10.9 Å². The van der Waals surface area contributed by atoms with E-state index in [2.05, 4.69) is 73.9 Å². The summed E-state index contributed by atoms with van der Waals surface area (Å²) >= 11 is 0. The van der Waals surface area contributed by atoms with Gasteiger partial charge in [-0.05, 0) is 39.4 Å². The van der Waals surface area contributed by atoms with Crippen molar-refractivity contribution in [2.24, 2.45) is 7.05 Å². The van der Waals surface area contributed by atoms with Gasteiger partial charge in [-0.1, -0.05) is 18.2 Å². The van der Waals surface area contributed by atoms with E-state index in [-0.39, 0.29) is 0 Å². The van der Waals surface area contributed by atoms with Crippen LogP contribution in [0, 0.1) is 6.92 Å². The van der Waals surface area contributed by atoms with Crippen LogP contribution in [0.25, 0.3) is 10.9 Å². The highest BCUT2D eigenvalue weighted by Gasteiger charge is 2.10. The third-order valence-corrected chi connectivity index (χ3v) is 4.32. The van der Waals surface area contributed by atoms with Crippen LogP contribution in [0.5, 0.6) is 0 Å². The summed E-state index contributed by atoms with van der Waals surface area (Å²) in [4.78, 5) is 2.36. The molecule has 0 saturated heterocycles. The molecule has 3 heteroatoms. The van der Waals surface area contributed by atoms with Crippen LogP contribution in [-0.2, 0) is 13.6 Å². The van der Waals surface area contributed by atoms with Gasteiger partial charge in [-0.2, -0.15) is 0 Å². The van der Waals surface area contributed by atoms with E-state index in [4.69, 9.17) is 0 Å². The zero-order chi connectivity index (χ0) is 14.7. The maximum Gasteiger partial charge on any atom is 0.0483 e. The maximum absolute atomic E-state index is 3.57. The molecule has 0 bridgehead atoms. The molecule has 1 N–H and O–H groups in total. The summed E-state index contributed by atoms with van der Waals surface area (Å²) in [5, 5.41) is 4.93. The first-order valence-electron chi connectivity index (χ1n) is 7.46. The molecular weight excluding hydrogens is 246 g/mol. The van der Waals surface area contributed by atoms with E-state index in [0.717, 1.165) is 19.6 Å². The van der Waals surface area contributed by atoms with E-state index in [1.807, 2.05) is 0 Å². The molecule has 0 aliphatic rings. The molecule has 0 atom stereocenters. The van der Waals surface area contributed by atoms with Crippen LogP contribution in [0.2, 0.25) is 0 Å². The molecule has 1 heterocycles. The van der Waals surface area contributed by atoms with Crippen molar-refractivity contribution in [2.45, 2.75) is 33.4 Å². The number of likely N-dealkylation sites (N-methyl/N-ethyl adjacent to an activating group) is 1. The molecule has 1 aromatic heterocycles. The van der Waals surface area contributed by atoms with E-state index in [0.29, 0.717) is 6.04 Å². The van der Waals surface area contributed by atoms with Crippen LogP contribution < -0.4 is 5.32 Å². The highest BCUT2D eigenvalue weighted by atomic mass is 15.1. The second kappa shape index (κ2) is 6.42. The van der Waals surface area contributed by atoms with Gasteiger partial charge in [0.1, 0.15) is 0 Å². The lowest BCUT2D eigenvalue weighted by atomic mass is 10.1. The molecule has 0 aliphatic heterocycles. The number of nitrogens with zero attached hydrogens (tertiary/aromatic N) is 2. The van der Waals surface area contributed by atoms with Gasteiger partial charge in [0.15, 0.2) is 0 Å². The van der Waals surface area contributed by atoms with E-state index >= 15 is 0 Å². The molecule has 0 spiro atoms. The molecule has 2 aromatic rings. The molecule has 110 valence electrons. The lowest BCUT2D eigenvalue weighted by Crippen LogP contribution is -2.33. The normalized spacial score (nSPS) is 11.9. The summed E-state index contributed by atoms with van der Waals surface area (Å²) in [6.45, 7) is 9.72. The van der Waals surface area contributed by atoms with Crippen LogP contribution in [0.15, 0.2) is 24.3 Å². The second-order valence-corrected chi connectivity index (χ2v) is 5.90. The monoisotopic (exact) mass is 273 g/mol. The first-order chi connectivity index (χ1) is 9.52. The largest absolute Gasteiger partial charge is 0.346 e. The fourth-order valence-electron chi connectivity index (χ4n) is 2.61. The van der Waals surface area contributed by atoms with Gasteiger partial charge in [-0.15, -0.1) is 0 Å². The highest BCUT2D eigenvalue weighted by molar-refractivity contribution is 5.85. The number of hydrogen-bond acceptors (Lipinski definition) is 2. The minimum Gasteiger partial charge on any atom is -0.346 e. The molecule has 0 amide bonds. The van der Waals surface area contributed by atoms with E-state index in [1.165, 1.54) is 22.2 Å². The van der Waals surface area contributed by atoms with E-state index < -0.39 is 0 Å². The van der Waals surface area contributed by atoms with Gasteiger partial charge < -0.3 is 14.8 Å². The Labute approximate surface area is 122 Å². The molecule has 0 aliphatic carbocycles. The molecular formula is C17H27N3. The van der Waals surface area contributed by atoms with Crippen molar-refractivity contribution in [3.8, 4) is 0 Å². The Bertz CT molecular complexity index is 530. The number of hydrogen-bond donors (Lipinski definition) is 1. The van der Waals surface area contributed by atoms with Gasteiger partial charge in [-0.25, -0.2) is 0 Å². The summed E-state index contributed by atoms with van der Waals surface area (Å²) in [6.07, 6.45) is 0. The standard InChI is InChI=1S/C17H27N3/c1-13(2)19(4)11-10-18-12-17-14(3)15-8-6-7-9-16(15)20(17)5/h6-9,13,18H,10-12H2,1-5H3. The number of aryl methyl sites for hydroxylation is 2. The minimum absolute atomic E-state index is 0.608. The van der Waals surface area contributed by atoms with Gasteiger partial charge in [-0.3, -0.25) is 0 Å². The fraction of sp³-hybridized carbons (Fsp3) is 0.529. The Morgan fingerprint density at radius 1 is 1.25 bits per heavy atom. The number of benzene rings is 1. The predicted octanol–water partition coefficient (Wildman–Crippen LogP) is 2.92. The Kier molecular flexibility index (Phi) is 4.84. The zero-order valence-electron chi connectivity index (χ0n) is 13.4. The lowest BCUT2D eigenvalue weighted by molar-refractivity contribution is 0.273. The quantitative estimate of drug-likeness (QED) is 0.817. The van der Waals surface area contributed by atoms with Crippen molar-refractivity contribution in [2.75, 3.05) is 20.1 Å². The topological polar surface area (TPSA) is 20.2 Å². The van der Waals surface area contributed by atoms with Crippen molar-refractivity contribution in [1.82, 2.24) is 14.8 Å². The third-order valence-electron chi connectivity index (χ3n) is 4.32. The fourth-order valence-corrected chi connectivity index (χ4v) is 2.61. The van der Waals surface area contributed by atoms with Crippen molar-refractivity contribution in [1.29, 1.82) is 0 Å². The summed E-state index contributed by atoms with van der Waals surface area (Å²) in [5.41, 5.74) is 4.10. The van der Waals surface area contributed by atoms with Crippen LogP contribution in [-0.4, -0.2) is 35.6 Å². The third kappa shape index (κ3) is 3.05. The average Bonchev–Trinajstić information content (AvgIpc) is 2.68. The number of nitrogens with one attached hydrogen (secondary N) is 1. The Morgan fingerprint density at radius 3 is 2.60 bits per heavy atom. The predicted molar refractivity (Wildman–Crippen MR) is 87.1 cm³/mol. The molecule has 20 heavy (non-hydrogen) atoms. The van der Waals surface area contributed by atoms with Gasteiger partial charge in [0.25, 0.3) is 0 Å². The molecule has 0 unspecified atom stereocenters. The second-order valence-electron chi connectivity index (χ2n) is 5.90. The molecule has 2 rings (SSSR count). The number of para-hydroxylation sites is 1. The zero-order valence-corrected chi connectivity index (χ0v) is 13.4. The molecule has 0 fully saturated rings. The van der Waals surface area contributed by atoms with Crippen LogP contribution in [0.3, 0.4) is 0 Å². The van der Waals surface area contributed by atoms with Crippen LogP contribution in [0.4, 0.5) is 0 Å². The van der Waals surface area contributed by atoms with Crippen molar-refractivity contribution < 1.29 is 0 Å². The first-order valence-corrected chi connectivity index (χ1v) is 7.46. The van der Waals surface area contributed by atoms with Crippen LogP contribution >= 0.6 is 0 Å². The lowest BCUT2D eigenvalue weighted by Gasteiger charge is -2.21. The van der Waals surface area contributed by atoms with Crippen molar-refractivity contribution in [3.05, 3.63) is 35.5 Å². The Balaban J connectivity index is 2.00. The van der Waals surface area contributed by atoms with Crippen molar-refractivity contribution in [3.63, 3.8) is 0 Å². The number of aromatic nitrogens is 1. The summed E-state index contributed by atoms with van der Waals surface area (Å²) in [5.74, 6) is 0. The molecule has 0 radical (unpaired) electrons. The highest BCUT2D eigenvalue weighted by Crippen LogP contribution is 2.24. The summed E-state index contributed by atoms with van der Waals surface area (Å²) in [6, 6.07) is 9.23. The number of fused-ring (bicyclic) bond motifs is 1. The molecule has 1 aromatic carbocycles. The molecule has 0 saturated carbocycles. The van der Waals surface area contributed by atoms with Gasteiger partial charge in [0.05, 0.1) is 0 Å². The van der Waals surface area contributed by atoms with Crippen LogP contribution in [0.1, 0.15) is 25.1 Å². The summed E-state index contributed by atoms with van der Waals surface area (Å²) < 4.78 is 2.31. The summed E-state index contributed by atoms with van der Waals surface area (Å²) in [7, 11) is 4.33.